The van der Waals surface area contributed by atoms with E-state index in [1.165, 1.54) is 23.1 Å². The molecule has 0 radical (unpaired) electrons. The molecule has 1 aliphatic carbocycles. The molecule has 0 amide bonds. The lowest BCUT2D eigenvalue weighted by molar-refractivity contribution is -0.142. The zero-order valence-corrected chi connectivity index (χ0v) is 12.5. The number of carboxylic acids is 1. The predicted octanol–water partition coefficient (Wildman–Crippen LogP) is 4.18. The van der Waals surface area contributed by atoms with Crippen molar-refractivity contribution in [2.45, 2.75) is 50.5 Å². The molecule has 1 aromatic rings. The minimum absolute atomic E-state index is 0.148. The summed E-state index contributed by atoms with van der Waals surface area (Å²) in [6, 6.07) is 6.59. The second-order valence-electron chi connectivity index (χ2n) is 5.57. The second-order valence-corrected chi connectivity index (χ2v) is 6.80. The van der Waals surface area contributed by atoms with Crippen LogP contribution in [0.15, 0.2) is 18.2 Å². The smallest absolute Gasteiger partial charge is 0.307 e. The van der Waals surface area contributed by atoms with E-state index in [4.69, 9.17) is 0 Å². The Morgan fingerprint density at radius 3 is 2.47 bits per heavy atom. The monoisotopic (exact) mass is 278 g/mol. The number of hydrogen-bond donors (Lipinski definition) is 1. The number of carbonyl (C=O) groups is 1. The molecule has 19 heavy (non-hydrogen) atoms. The van der Waals surface area contributed by atoms with E-state index in [-0.39, 0.29) is 11.2 Å². The van der Waals surface area contributed by atoms with Crippen molar-refractivity contribution in [3.05, 3.63) is 34.9 Å². The number of carboxylic acid groups (broad SMARTS) is 1. The minimum Gasteiger partial charge on any atom is -0.481 e. The Balaban J connectivity index is 1.98. The minimum atomic E-state index is -0.613. The van der Waals surface area contributed by atoms with E-state index >= 15 is 0 Å². The third kappa shape index (κ3) is 4.00. The average molecular weight is 278 g/mol. The van der Waals surface area contributed by atoms with Gasteiger partial charge in [0.1, 0.15) is 0 Å². The molecule has 2 unspecified atom stereocenters. The average Bonchev–Trinajstić information content (AvgIpc) is 2.35. The number of hydrogen-bond acceptors (Lipinski definition) is 2. The van der Waals surface area contributed by atoms with Crippen LogP contribution in [0.1, 0.15) is 42.4 Å². The number of benzene rings is 1. The van der Waals surface area contributed by atoms with Crippen molar-refractivity contribution in [2.24, 2.45) is 5.92 Å². The Morgan fingerprint density at radius 1 is 1.21 bits per heavy atom. The fourth-order valence-corrected chi connectivity index (χ4v) is 4.33. The van der Waals surface area contributed by atoms with Crippen molar-refractivity contribution in [2.75, 3.05) is 0 Å². The lowest BCUT2D eigenvalue weighted by Crippen LogP contribution is -2.29. The van der Waals surface area contributed by atoms with Gasteiger partial charge in [0.2, 0.25) is 0 Å². The van der Waals surface area contributed by atoms with Crippen molar-refractivity contribution >= 4 is 17.7 Å². The van der Waals surface area contributed by atoms with Crippen LogP contribution in [0.4, 0.5) is 0 Å². The lowest BCUT2D eigenvalue weighted by atomic mass is 9.89. The third-order valence-electron chi connectivity index (χ3n) is 3.77. The summed E-state index contributed by atoms with van der Waals surface area (Å²) in [5, 5.41) is 9.57. The molecule has 0 aliphatic heterocycles. The van der Waals surface area contributed by atoms with Crippen LogP contribution in [0.3, 0.4) is 0 Å². The van der Waals surface area contributed by atoms with Crippen LogP contribution in [-0.2, 0) is 10.5 Å². The molecule has 2 nitrogen and oxygen atoms in total. The van der Waals surface area contributed by atoms with Crippen molar-refractivity contribution in [3.63, 3.8) is 0 Å². The summed E-state index contributed by atoms with van der Waals surface area (Å²) in [5.41, 5.74) is 3.89. The van der Waals surface area contributed by atoms with E-state index in [0.29, 0.717) is 0 Å². The highest BCUT2D eigenvalue weighted by Gasteiger charge is 2.30. The fraction of sp³-hybridized carbons (Fsp3) is 0.562. The molecular weight excluding hydrogens is 256 g/mol. The molecule has 3 heteroatoms. The second kappa shape index (κ2) is 6.47. The Kier molecular flexibility index (Phi) is 4.92. The van der Waals surface area contributed by atoms with E-state index < -0.39 is 5.97 Å². The molecule has 1 saturated carbocycles. The molecule has 0 aromatic heterocycles. The zero-order valence-electron chi connectivity index (χ0n) is 11.7. The van der Waals surface area contributed by atoms with Crippen LogP contribution in [0.25, 0.3) is 0 Å². The molecule has 0 heterocycles. The van der Waals surface area contributed by atoms with Crippen LogP contribution in [-0.4, -0.2) is 16.3 Å². The lowest BCUT2D eigenvalue weighted by Gasteiger charge is -2.28. The van der Waals surface area contributed by atoms with Gasteiger partial charge in [-0.05, 0) is 32.3 Å². The van der Waals surface area contributed by atoms with Crippen LogP contribution in [0.5, 0.6) is 0 Å². The van der Waals surface area contributed by atoms with Crippen LogP contribution in [0.2, 0.25) is 0 Å². The number of aliphatic carboxylic acids is 1. The van der Waals surface area contributed by atoms with Gasteiger partial charge in [-0.1, -0.05) is 42.2 Å². The van der Waals surface area contributed by atoms with Crippen molar-refractivity contribution in [1.29, 1.82) is 0 Å². The normalized spacial score (nSPS) is 23.3. The Hall–Kier alpha value is -0.960. The van der Waals surface area contributed by atoms with Gasteiger partial charge in [-0.15, -0.1) is 0 Å². The van der Waals surface area contributed by atoms with E-state index in [0.717, 1.165) is 25.0 Å². The number of thioether (sulfide) groups is 1. The van der Waals surface area contributed by atoms with Crippen molar-refractivity contribution in [1.82, 2.24) is 0 Å². The maximum absolute atomic E-state index is 11.3. The highest BCUT2D eigenvalue weighted by atomic mass is 32.2. The molecular formula is C16H22O2S. The maximum atomic E-state index is 11.3. The number of aryl methyl sites for hydroxylation is 2. The molecule has 2 atom stereocenters. The van der Waals surface area contributed by atoms with Gasteiger partial charge >= 0.3 is 5.97 Å². The van der Waals surface area contributed by atoms with Gasteiger partial charge in [-0.3, -0.25) is 4.79 Å². The van der Waals surface area contributed by atoms with Gasteiger partial charge in [0.15, 0.2) is 0 Å². The van der Waals surface area contributed by atoms with Gasteiger partial charge < -0.3 is 5.11 Å². The molecule has 1 fully saturated rings. The predicted molar refractivity (Wildman–Crippen MR) is 80.6 cm³/mol. The SMILES string of the molecule is Cc1cc(C)cc(CSC2CCCCC2C(=O)O)c1. The summed E-state index contributed by atoms with van der Waals surface area (Å²) in [6.07, 6.45) is 4.14. The van der Waals surface area contributed by atoms with Crippen molar-refractivity contribution < 1.29 is 9.90 Å². The molecule has 1 aliphatic rings. The van der Waals surface area contributed by atoms with Crippen molar-refractivity contribution in [3.8, 4) is 0 Å². The molecule has 0 saturated heterocycles. The van der Waals surface area contributed by atoms with Crippen LogP contribution >= 0.6 is 11.8 Å². The first-order valence-electron chi connectivity index (χ1n) is 6.98. The molecule has 0 spiro atoms. The van der Waals surface area contributed by atoms with Gasteiger partial charge in [0, 0.05) is 11.0 Å². The first kappa shape index (κ1) is 14.4. The summed E-state index contributed by atoms with van der Waals surface area (Å²) in [5.74, 6) is 0.166. The highest BCUT2D eigenvalue weighted by Crippen LogP contribution is 2.35. The molecule has 2 rings (SSSR count). The molecule has 104 valence electrons. The van der Waals surface area contributed by atoms with Crippen LogP contribution < -0.4 is 0 Å². The summed E-state index contributed by atoms with van der Waals surface area (Å²) >= 11 is 1.82. The van der Waals surface area contributed by atoms with E-state index in [1.54, 1.807) is 0 Å². The summed E-state index contributed by atoms with van der Waals surface area (Å²) in [6.45, 7) is 4.23. The maximum Gasteiger partial charge on any atom is 0.307 e. The van der Waals surface area contributed by atoms with E-state index in [1.807, 2.05) is 11.8 Å². The molecule has 1 aromatic carbocycles. The first-order chi connectivity index (χ1) is 9.06. The zero-order chi connectivity index (χ0) is 13.8. The van der Waals surface area contributed by atoms with E-state index in [9.17, 15) is 9.90 Å². The Labute approximate surface area is 119 Å². The summed E-state index contributed by atoms with van der Waals surface area (Å²) in [7, 11) is 0. The first-order valence-corrected chi connectivity index (χ1v) is 8.02. The summed E-state index contributed by atoms with van der Waals surface area (Å²) in [4.78, 5) is 11.3. The standard InChI is InChI=1S/C16H22O2S/c1-11-7-12(2)9-13(8-11)10-19-15-6-4-3-5-14(15)16(17)18/h7-9,14-15H,3-6,10H2,1-2H3,(H,17,18). The topological polar surface area (TPSA) is 37.3 Å². The third-order valence-corrected chi connectivity index (χ3v) is 5.26. The van der Waals surface area contributed by atoms with Gasteiger partial charge in [-0.25, -0.2) is 0 Å². The Bertz CT molecular complexity index is 436. The quantitative estimate of drug-likeness (QED) is 0.897. The fourth-order valence-electron chi connectivity index (χ4n) is 2.93. The van der Waals surface area contributed by atoms with Gasteiger partial charge in [0.25, 0.3) is 0 Å². The van der Waals surface area contributed by atoms with Gasteiger partial charge in [0.05, 0.1) is 5.92 Å². The number of rotatable bonds is 4. The molecule has 1 N–H and O–H groups in total. The largest absolute Gasteiger partial charge is 0.481 e. The molecule has 0 bridgehead atoms. The Morgan fingerprint density at radius 2 is 1.84 bits per heavy atom. The van der Waals surface area contributed by atoms with Crippen LogP contribution in [0, 0.1) is 19.8 Å². The van der Waals surface area contributed by atoms with Gasteiger partial charge in [-0.2, -0.15) is 11.8 Å². The van der Waals surface area contributed by atoms with E-state index in [2.05, 4.69) is 32.0 Å². The summed E-state index contributed by atoms with van der Waals surface area (Å²) < 4.78 is 0. The highest BCUT2D eigenvalue weighted by molar-refractivity contribution is 7.99.